The molecular weight excluding hydrogens is 222 g/mol. The highest BCUT2D eigenvalue weighted by molar-refractivity contribution is 4.87. The van der Waals surface area contributed by atoms with E-state index in [1.807, 2.05) is 0 Å². The number of hydrogen-bond acceptors (Lipinski definition) is 3. The lowest BCUT2D eigenvalue weighted by Gasteiger charge is -2.41. The molecule has 0 bridgehead atoms. The first-order chi connectivity index (χ1) is 8.62. The molecule has 1 aliphatic rings. The van der Waals surface area contributed by atoms with Crippen LogP contribution in [0.25, 0.3) is 0 Å². The van der Waals surface area contributed by atoms with Gasteiger partial charge in [-0.25, -0.2) is 0 Å². The summed E-state index contributed by atoms with van der Waals surface area (Å²) < 4.78 is 0. The zero-order valence-corrected chi connectivity index (χ0v) is 13.0. The molecule has 0 radical (unpaired) electrons. The molecule has 1 unspecified atom stereocenters. The monoisotopic (exact) mass is 255 g/mol. The van der Waals surface area contributed by atoms with Crippen LogP contribution in [0.4, 0.5) is 0 Å². The van der Waals surface area contributed by atoms with Gasteiger partial charge in [0.05, 0.1) is 0 Å². The molecule has 1 rings (SSSR count). The average Bonchev–Trinajstić information content (AvgIpc) is 2.37. The minimum absolute atomic E-state index is 0.528. The summed E-state index contributed by atoms with van der Waals surface area (Å²) in [6, 6.07) is 0. The number of likely N-dealkylation sites (N-methyl/N-ethyl adjacent to an activating group) is 1. The Morgan fingerprint density at radius 1 is 1.11 bits per heavy atom. The molecule has 3 nitrogen and oxygen atoms in total. The van der Waals surface area contributed by atoms with Gasteiger partial charge in [-0.05, 0) is 58.3 Å². The fourth-order valence-electron chi connectivity index (χ4n) is 2.98. The van der Waals surface area contributed by atoms with E-state index < -0.39 is 0 Å². The third kappa shape index (κ3) is 5.25. The molecule has 0 aromatic carbocycles. The molecule has 3 heteroatoms. The highest BCUT2D eigenvalue weighted by Crippen LogP contribution is 2.31. The first-order valence-electron chi connectivity index (χ1n) is 7.69. The summed E-state index contributed by atoms with van der Waals surface area (Å²) in [6.07, 6.45) is 5.32. The summed E-state index contributed by atoms with van der Waals surface area (Å²) in [4.78, 5) is 4.97. The third-order valence-electron chi connectivity index (χ3n) is 4.27. The maximum Gasteiger partial charge on any atom is 0.0109 e. The Morgan fingerprint density at radius 2 is 1.89 bits per heavy atom. The summed E-state index contributed by atoms with van der Waals surface area (Å²) in [5.74, 6) is 0. The number of nitrogens with zero attached hydrogens (tertiary/aromatic N) is 2. The Hall–Kier alpha value is -0.120. The van der Waals surface area contributed by atoms with E-state index in [1.54, 1.807) is 0 Å². The Labute approximate surface area is 114 Å². The van der Waals surface area contributed by atoms with E-state index in [0.717, 1.165) is 0 Å². The minimum atomic E-state index is 0.528. The predicted octanol–water partition coefficient (Wildman–Crippen LogP) is 2.04. The highest BCUT2D eigenvalue weighted by atomic mass is 15.2. The SMILES string of the molecule is CCCN(CCN(C)C)CC1(CC)CCCNC1. The van der Waals surface area contributed by atoms with Gasteiger partial charge >= 0.3 is 0 Å². The Bertz CT molecular complexity index is 210. The second-order valence-electron chi connectivity index (χ2n) is 6.21. The van der Waals surface area contributed by atoms with Gasteiger partial charge in [-0.3, -0.25) is 0 Å². The molecule has 0 spiro atoms. The number of piperidine rings is 1. The summed E-state index contributed by atoms with van der Waals surface area (Å²) in [7, 11) is 4.34. The van der Waals surface area contributed by atoms with E-state index in [0.29, 0.717) is 5.41 Å². The third-order valence-corrected chi connectivity index (χ3v) is 4.27. The van der Waals surface area contributed by atoms with Gasteiger partial charge < -0.3 is 15.1 Å². The van der Waals surface area contributed by atoms with Crippen molar-refractivity contribution < 1.29 is 0 Å². The van der Waals surface area contributed by atoms with Gasteiger partial charge in [-0.1, -0.05) is 13.8 Å². The topological polar surface area (TPSA) is 18.5 Å². The molecule has 1 fully saturated rings. The number of rotatable bonds is 8. The van der Waals surface area contributed by atoms with Crippen molar-refractivity contribution in [3.05, 3.63) is 0 Å². The molecule has 1 N–H and O–H groups in total. The second kappa shape index (κ2) is 8.13. The Morgan fingerprint density at radius 3 is 2.39 bits per heavy atom. The molecule has 108 valence electrons. The smallest absolute Gasteiger partial charge is 0.0109 e. The van der Waals surface area contributed by atoms with Crippen LogP contribution in [0.3, 0.4) is 0 Å². The van der Waals surface area contributed by atoms with Crippen LogP contribution in [0.5, 0.6) is 0 Å². The first-order valence-corrected chi connectivity index (χ1v) is 7.69. The maximum absolute atomic E-state index is 3.60. The van der Waals surface area contributed by atoms with Gasteiger partial charge in [0.2, 0.25) is 0 Å². The Balaban J connectivity index is 2.50. The molecule has 0 aromatic rings. The van der Waals surface area contributed by atoms with Gasteiger partial charge in [0.25, 0.3) is 0 Å². The van der Waals surface area contributed by atoms with E-state index in [2.05, 4.69) is 43.1 Å². The average molecular weight is 255 g/mol. The molecule has 0 amide bonds. The lowest BCUT2D eigenvalue weighted by atomic mass is 9.78. The van der Waals surface area contributed by atoms with Gasteiger partial charge in [-0.15, -0.1) is 0 Å². The molecule has 1 saturated heterocycles. The molecule has 1 atom stereocenters. The summed E-state index contributed by atoms with van der Waals surface area (Å²) in [6.45, 7) is 12.0. The fourth-order valence-corrected chi connectivity index (χ4v) is 2.98. The van der Waals surface area contributed by atoms with Crippen LogP contribution in [0.2, 0.25) is 0 Å². The minimum Gasteiger partial charge on any atom is -0.316 e. The van der Waals surface area contributed by atoms with Gasteiger partial charge in [0.1, 0.15) is 0 Å². The zero-order chi connectivity index (χ0) is 13.4. The zero-order valence-electron chi connectivity index (χ0n) is 13.0. The van der Waals surface area contributed by atoms with Crippen LogP contribution in [-0.2, 0) is 0 Å². The van der Waals surface area contributed by atoms with E-state index in [-0.39, 0.29) is 0 Å². The number of hydrogen-bond donors (Lipinski definition) is 1. The van der Waals surface area contributed by atoms with Crippen molar-refractivity contribution in [2.24, 2.45) is 5.41 Å². The van der Waals surface area contributed by atoms with Gasteiger partial charge in [0.15, 0.2) is 0 Å². The molecule has 0 aromatic heterocycles. The summed E-state index contributed by atoms with van der Waals surface area (Å²) in [5, 5.41) is 3.60. The van der Waals surface area contributed by atoms with Crippen molar-refractivity contribution in [3.63, 3.8) is 0 Å². The molecular formula is C15H33N3. The lowest BCUT2D eigenvalue weighted by molar-refractivity contribution is 0.106. The molecule has 0 saturated carbocycles. The number of nitrogens with one attached hydrogen (secondary N) is 1. The van der Waals surface area contributed by atoms with Crippen molar-refractivity contribution in [1.82, 2.24) is 15.1 Å². The normalized spacial score (nSPS) is 25.0. The van der Waals surface area contributed by atoms with Crippen LogP contribution in [0.1, 0.15) is 39.5 Å². The van der Waals surface area contributed by atoms with Crippen LogP contribution in [0.15, 0.2) is 0 Å². The maximum atomic E-state index is 3.60. The van der Waals surface area contributed by atoms with Gasteiger partial charge in [0, 0.05) is 26.2 Å². The van der Waals surface area contributed by atoms with Crippen LogP contribution in [0, 0.1) is 5.41 Å². The predicted molar refractivity (Wildman–Crippen MR) is 80.1 cm³/mol. The van der Waals surface area contributed by atoms with Crippen molar-refractivity contribution in [2.75, 3.05) is 53.4 Å². The molecule has 0 aliphatic carbocycles. The van der Waals surface area contributed by atoms with E-state index in [4.69, 9.17) is 0 Å². The van der Waals surface area contributed by atoms with Gasteiger partial charge in [-0.2, -0.15) is 0 Å². The molecule has 1 aliphatic heterocycles. The quantitative estimate of drug-likeness (QED) is 0.716. The lowest BCUT2D eigenvalue weighted by Crippen LogP contribution is -2.48. The molecule has 18 heavy (non-hydrogen) atoms. The highest BCUT2D eigenvalue weighted by Gasteiger charge is 2.31. The molecule has 1 heterocycles. The van der Waals surface area contributed by atoms with Crippen LogP contribution < -0.4 is 5.32 Å². The summed E-state index contributed by atoms with van der Waals surface area (Å²) >= 11 is 0. The Kier molecular flexibility index (Phi) is 7.20. The summed E-state index contributed by atoms with van der Waals surface area (Å²) in [5.41, 5.74) is 0.528. The van der Waals surface area contributed by atoms with Crippen molar-refractivity contribution in [1.29, 1.82) is 0 Å². The standard InChI is InChI=1S/C15H33N3/c1-5-10-18(12-11-17(3)4)14-15(6-2)8-7-9-16-13-15/h16H,5-14H2,1-4H3. The van der Waals surface area contributed by atoms with E-state index >= 15 is 0 Å². The fraction of sp³-hybridized carbons (Fsp3) is 1.00. The second-order valence-corrected chi connectivity index (χ2v) is 6.21. The first kappa shape index (κ1) is 15.9. The largest absolute Gasteiger partial charge is 0.316 e. The van der Waals surface area contributed by atoms with Crippen LogP contribution >= 0.6 is 0 Å². The van der Waals surface area contributed by atoms with Crippen LogP contribution in [-0.4, -0.2) is 63.2 Å². The van der Waals surface area contributed by atoms with E-state index in [1.165, 1.54) is 65.0 Å². The van der Waals surface area contributed by atoms with Crippen molar-refractivity contribution in [2.45, 2.75) is 39.5 Å². The van der Waals surface area contributed by atoms with Crippen molar-refractivity contribution >= 4 is 0 Å². The van der Waals surface area contributed by atoms with E-state index in [9.17, 15) is 0 Å². The van der Waals surface area contributed by atoms with Crippen molar-refractivity contribution in [3.8, 4) is 0 Å².